The standard InChI is InChI=1S/C10H13NO2/c12-10(13)9-8-2-1-6(8)5-7-3-4-11(7)9/h6-7H,1-5H2,(H,12,13). The van der Waals surface area contributed by atoms with Crippen LogP contribution in [0, 0.1) is 5.92 Å². The van der Waals surface area contributed by atoms with Crippen LogP contribution in [-0.4, -0.2) is 28.6 Å². The van der Waals surface area contributed by atoms with E-state index in [1.165, 1.54) is 24.8 Å². The van der Waals surface area contributed by atoms with Crippen molar-refractivity contribution in [3.63, 3.8) is 0 Å². The fourth-order valence-electron chi connectivity index (χ4n) is 2.82. The number of rotatable bonds is 1. The molecule has 2 unspecified atom stereocenters. The van der Waals surface area contributed by atoms with Gasteiger partial charge >= 0.3 is 5.97 Å². The van der Waals surface area contributed by atoms with E-state index in [0.717, 1.165) is 13.0 Å². The van der Waals surface area contributed by atoms with Crippen LogP contribution in [0.2, 0.25) is 0 Å². The van der Waals surface area contributed by atoms with Gasteiger partial charge < -0.3 is 10.0 Å². The minimum absolute atomic E-state index is 0.556. The first-order chi connectivity index (χ1) is 6.27. The summed E-state index contributed by atoms with van der Waals surface area (Å²) in [4.78, 5) is 13.1. The lowest BCUT2D eigenvalue weighted by Gasteiger charge is -2.52. The van der Waals surface area contributed by atoms with Gasteiger partial charge in [-0.2, -0.15) is 0 Å². The summed E-state index contributed by atoms with van der Waals surface area (Å²) >= 11 is 0. The Morgan fingerprint density at radius 3 is 2.77 bits per heavy atom. The highest BCUT2D eigenvalue weighted by Gasteiger charge is 2.44. The minimum atomic E-state index is -0.705. The third-order valence-electron chi connectivity index (χ3n) is 3.75. The zero-order chi connectivity index (χ0) is 9.00. The summed E-state index contributed by atoms with van der Waals surface area (Å²) in [5, 5.41) is 9.08. The van der Waals surface area contributed by atoms with Gasteiger partial charge in [-0.15, -0.1) is 0 Å². The van der Waals surface area contributed by atoms with Crippen LogP contribution in [0.25, 0.3) is 0 Å². The van der Waals surface area contributed by atoms with E-state index in [2.05, 4.69) is 4.90 Å². The van der Waals surface area contributed by atoms with Gasteiger partial charge in [-0.25, -0.2) is 4.79 Å². The maximum absolute atomic E-state index is 11.0. The van der Waals surface area contributed by atoms with E-state index >= 15 is 0 Å². The van der Waals surface area contributed by atoms with Crippen LogP contribution in [0.4, 0.5) is 0 Å². The second-order valence-corrected chi connectivity index (χ2v) is 4.29. The van der Waals surface area contributed by atoms with Crippen LogP contribution in [-0.2, 0) is 4.79 Å². The molecule has 0 spiro atoms. The molecule has 0 aromatic heterocycles. The van der Waals surface area contributed by atoms with E-state index in [1.54, 1.807) is 0 Å². The van der Waals surface area contributed by atoms with Crippen LogP contribution in [0.1, 0.15) is 25.7 Å². The summed E-state index contributed by atoms with van der Waals surface area (Å²) in [6.07, 6.45) is 4.65. The molecule has 2 fully saturated rings. The molecule has 0 amide bonds. The first-order valence-corrected chi connectivity index (χ1v) is 5.00. The predicted molar refractivity (Wildman–Crippen MR) is 47.1 cm³/mol. The molecule has 1 saturated heterocycles. The van der Waals surface area contributed by atoms with Gasteiger partial charge in [-0.05, 0) is 37.2 Å². The number of nitrogens with zero attached hydrogens (tertiary/aromatic N) is 1. The summed E-state index contributed by atoms with van der Waals surface area (Å²) in [5.74, 6) is -0.0863. The number of fused-ring (bicyclic) bond motifs is 2. The van der Waals surface area contributed by atoms with Crippen molar-refractivity contribution in [3.05, 3.63) is 11.3 Å². The maximum atomic E-state index is 11.0. The quantitative estimate of drug-likeness (QED) is 0.657. The monoisotopic (exact) mass is 179 g/mol. The first kappa shape index (κ1) is 7.42. The molecule has 13 heavy (non-hydrogen) atoms. The molecule has 0 radical (unpaired) electrons. The van der Waals surface area contributed by atoms with Crippen LogP contribution in [0.5, 0.6) is 0 Å². The highest BCUT2D eigenvalue weighted by Crippen LogP contribution is 2.48. The number of allylic oxidation sites excluding steroid dienone is 1. The molecular formula is C10H13NO2. The van der Waals surface area contributed by atoms with Crippen molar-refractivity contribution in [1.29, 1.82) is 0 Å². The van der Waals surface area contributed by atoms with Crippen LogP contribution < -0.4 is 0 Å². The lowest BCUT2D eigenvalue weighted by atomic mass is 9.69. The normalized spacial score (nSPS) is 35.8. The highest BCUT2D eigenvalue weighted by atomic mass is 16.4. The molecule has 2 heterocycles. The molecule has 3 aliphatic rings. The molecule has 0 aromatic rings. The number of hydrogen-bond acceptors (Lipinski definition) is 2. The van der Waals surface area contributed by atoms with E-state index in [1.807, 2.05) is 0 Å². The van der Waals surface area contributed by atoms with Crippen molar-refractivity contribution in [2.75, 3.05) is 6.54 Å². The fraction of sp³-hybridized carbons (Fsp3) is 0.700. The number of hydrogen-bond donors (Lipinski definition) is 1. The summed E-state index contributed by atoms with van der Waals surface area (Å²) in [6.45, 7) is 0.961. The van der Waals surface area contributed by atoms with E-state index in [9.17, 15) is 4.79 Å². The molecule has 0 bridgehead atoms. The highest BCUT2D eigenvalue weighted by molar-refractivity contribution is 5.87. The molecule has 3 nitrogen and oxygen atoms in total. The van der Waals surface area contributed by atoms with Crippen molar-refractivity contribution in [2.45, 2.75) is 31.7 Å². The Labute approximate surface area is 77.0 Å². The molecule has 1 saturated carbocycles. The Morgan fingerprint density at radius 2 is 2.31 bits per heavy atom. The average Bonchev–Trinajstić information content (AvgIpc) is 1.97. The third kappa shape index (κ3) is 0.820. The van der Waals surface area contributed by atoms with E-state index in [4.69, 9.17) is 5.11 Å². The Balaban J connectivity index is 2.01. The van der Waals surface area contributed by atoms with Crippen molar-refractivity contribution < 1.29 is 9.90 Å². The van der Waals surface area contributed by atoms with Crippen molar-refractivity contribution in [2.24, 2.45) is 5.92 Å². The number of carboxylic acid groups (broad SMARTS) is 1. The van der Waals surface area contributed by atoms with Gasteiger partial charge in [-0.3, -0.25) is 0 Å². The second kappa shape index (κ2) is 2.28. The molecule has 0 aromatic carbocycles. The Kier molecular flexibility index (Phi) is 1.30. The molecule has 1 aliphatic carbocycles. The molecule has 2 aliphatic heterocycles. The third-order valence-corrected chi connectivity index (χ3v) is 3.75. The molecule has 3 rings (SSSR count). The van der Waals surface area contributed by atoms with Gasteiger partial charge in [0.15, 0.2) is 0 Å². The number of carbonyl (C=O) groups is 1. The lowest BCUT2D eigenvalue weighted by molar-refractivity contribution is -0.136. The van der Waals surface area contributed by atoms with Gasteiger partial charge in [0.25, 0.3) is 0 Å². The average molecular weight is 179 g/mol. The van der Waals surface area contributed by atoms with Gasteiger partial charge in [0.05, 0.1) is 0 Å². The van der Waals surface area contributed by atoms with E-state index in [0.29, 0.717) is 17.7 Å². The van der Waals surface area contributed by atoms with Gasteiger partial charge in [0.1, 0.15) is 5.70 Å². The smallest absolute Gasteiger partial charge is 0.352 e. The Hall–Kier alpha value is -0.990. The zero-order valence-electron chi connectivity index (χ0n) is 7.49. The van der Waals surface area contributed by atoms with Gasteiger partial charge in [0.2, 0.25) is 0 Å². The fourth-order valence-corrected chi connectivity index (χ4v) is 2.82. The lowest BCUT2D eigenvalue weighted by Crippen LogP contribution is -2.54. The van der Waals surface area contributed by atoms with Crippen LogP contribution in [0.3, 0.4) is 0 Å². The maximum Gasteiger partial charge on any atom is 0.352 e. The summed E-state index contributed by atoms with van der Waals surface area (Å²) in [5.41, 5.74) is 1.88. The first-order valence-electron chi connectivity index (χ1n) is 5.00. The molecule has 2 atom stereocenters. The summed E-state index contributed by atoms with van der Waals surface area (Å²) in [6, 6.07) is 0.556. The number of carboxylic acids is 1. The second-order valence-electron chi connectivity index (χ2n) is 4.29. The molecule has 3 heteroatoms. The van der Waals surface area contributed by atoms with Crippen LogP contribution in [0.15, 0.2) is 11.3 Å². The Bertz CT molecular complexity index is 308. The number of aliphatic carboxylic acids is 1. The Morgan fingerprint density at radius 1 is 1.46 bits per heavy atom. The van der Waals surface area contributed by atoms with Crippen LogP contribution >= 0.6 is 0 Å². The van der Waals surface area contributed by atoms with Crippen molar-refractivity contribution in [3.8, 4) is 0 Å². The van der Waals surface area contributed by atoms with Crippen molar-refractivity contribution >= 4 is 5.97 Å². The molecular weight excluding hydrogens is 166 g/mol. The van der Waals surface area contributed by atoms with E-state index in [-0.39, 0.29) is 0 Å². The minimum Gasteiger partial charge on any atom is -0.477 e. The predicted octanol–water partition coefficient (Wildman–Crippen LogP) is 1.21. The largest absolute Gasteiger partial charge is 0.477 e. The molecule has 70 valence electrons. The molecule has 1 N–H and O–H groups in total. The summed E-state index contributed by atoms with van der Waals surface area (Å²) < 4.78 is 0. The van der Waals surface area contributed by atoms with Gasteiger partial charge in [-0.1, -0.05) is 0 Å². The topological polar surface area (TPSA) is 40.5 Å². The SMILES string of the molecule is O=C(O)C1=C2CCC2CC2CCN12. The van der Waals surface area contributed by atoms with Gasteiger partial charge in [0, 0.05) is 12.6 Å². The van der Waals surface area contributed by atoms with E-state index < -0.39 is 5.97 Å². The van der Waals surface area contributed by atoms with Crippen molar-refractivity contribution in [1.82, 2.24) is 4.90 Å². The zero-order valence-corrected chi connectivity index (χ0v) is 7.49. The summed E-state index contributed by atoms with van der Waals surface area (Å²) in [7, 11) is 0.